The monoisotopic (exact) mass is 217 g/mol. The first-order valence-corrected chi connectivity index (χ1v) is 5.46. The average molecular weight is 217 g/mol. The summed E-state index contributed by atoms with van der Waals surface area (Å²) in [6.45, 7) is 1.06. The van der Waals surface area contributed by atoms with Gasteiger partial charge in [-0.15, -0.1) is 0 Å². The van der Waals surface area contributed by atoms with Crippen molar-refractivity contribution in [1.82, 2.24) is 9.97 Å². The molecule has 2 N–H and O–H groups in total. The lowest BCUT2D eigenvalue weighted by Gasteiger charge is -2.07. The molecule has 0 saturated heterocycles. The quantitative estimate of drug-likeness (QED) is 0.750. The van der Waals surface area contributed by atoms with E-state index >= 15 is 0 Å². The molecule has 0 bridgehead atoms. The normalized spacial score (nSPS) is 10.6. The highest BCUT2D eigenvalue weighted by molar-refractivity contribution is 5.88. The Hall–Kier alpha value is -1.68. The number of unbranched alkanes of at least 4 members (excludes halogenated alkanes) is 1. The Morgan fingerprint density at radius 1 is 1.12 bits per heavy atom. The molecule has 84 valence electrons. The number of aromatic nitrogens is 2. The number of aliphatic hydroxyl groups is 1. The Balaban J connectivity index is 2.11. The molecule has 1 aromatic carbocycles. The van der Waals surface area contributed by atoms with Gasteiger partial charge in [0.15, 0.2) is 0 Å². The fraction of sp³-hybridized carbons (Fsp3) is 0.333. The zero-order valence-corrected chi connectivity index (χ0v) is 9.06. The summed E-state index contributed by atoms with van der Waals surface area (Å²) in [5.41, 5.74) is 0.946. The summed E-state index contributed by atoms with van der Waals surface area (Å²) in [5.74, 6) is 0.864. The van der Waals surface area contributed by atoms with Gasteiger partial charge in [0.1, 0.15) is 12.1 Å². The molecular weight excluding hydrogens is 202 g/mol. The number of rotatable bonds is 5. The molecule has 0 aliphatic rings. The van der Waals surface area contributed by atoms with Gasteiger partial charge in [0.2, 0.25) is 0 Å². The van der Waals surface area contributed by atoms with E-state index in [0.29, 0.717) is 0 Å². The topological polar surface area (TPSA) is 58.0 Å². The van der Waals surface area contributed by atoms with Gasteiger partial charge < -0.3 is 10.4 Å². The van der Waals surface area contributed by atoms with Crippen LogP contribution in [0.5, 0.6) is 0 Å². The van der Waals surface area contributed by atoms with Crippen LogP contribution in [-0.2, 0) is 0 Å². The smallest absolute Gasteiger partial charge is 0.137 e. The molecule has 16 heavy (non-hydrogen) atoms. The van der Waals surface area contributed by atoms with E-state index in [1.165, 1.54) is 0 Å². The molecular formula is C12H15N3O. The molecule has 0 aliphatic heterocycles. The second-order valence-electron chi connectivity index (χ2n) is 3.60. The van der Waals surface area contributed by atoms with Gasteiger partial charge in [-0.25, -0.2) is 9.97 Å². The van der Waals surface area contributed by atoms with Crippen molar-refractivity contribution in [1.29, 1.82) is 0 Å². The Kier molecular flexibility index (Phi) is 3.66. The second-order valence-corrected chi connectivity index (χ2v) is 3.60. The summed E-state index contributed by atoms with van der Waals surface area (Å²) in [4.78, 5) is 8.41. The Morgan fingerprint density at radius 2 is 2.00 bits per heavy atom. The summed E-state index contributed by atoms with van der Waals surface area (Å²) in [5, 5.41) is 13.0. The van der Waals surface area contributed by atoms with Gasteiger partial charge in [0.25, 0.3) is 0 Å². The standard InChI is InChI=1S/C12H15N3O/c16-8-4-3-7-13-12-10-5-1-2-6-11(10)14-9-15-12/h1-2,5-6,9,16H,3-4,7-8H2,(H,13,14,15). The fourth-order valence-corrected chi connectivity index (χ4v) is 1.59. The molecule has 2 aromatic rings. The van der Waals surface area contributed by atoms with Gasteiger partial charge in [-0.2, -0.15) is 0 Å². The molecule has 0 amide bonds. The number of aliphatic hydroxyl groups excluding tert-OH is 1. The van der Waals surface area contributed by atoms with Gasteiger partial charge in [-0.1, -0.05) is 12.1 Å². The summed E-state index contributed by atoms with van der Waals surface area (Å²) in [6, 6.07) is 7.91. The van der Waals surface area contributed by atoms with E-state index in [-0.39, 0.29) is 6.61 Å². The van der Waals surface area contributed by atoms with Crippen molar-refractivity contribution >= 4 is 16.7 Å². The molecule has 0 saturated carbocycles. The third kappa shape index (κ3) is 2.46. The van der Waals surface area contributed by atoms with Crippen molar-refractivity contribution in [2.24, 2.45) is 0 Å². The van der Waals surface area contributed by atoms with Gasteiger partial charge >= 0.3 is 0 Å². The van der Waals surface area contributed by atoms with Crippen LogP contribution in [0.15, 0.2) is 30.6 Å². The zero-order chi connectivity index (χ0) is 11.2. The number of nitrogens with zero attached hydrogens (tertiary/aromatic N) is 2. The van der Waals surface area contributed by atoms with Gasteiger partial charge in [-0.05, 0) is 25.0 Å². The maximum Gasteiger partial charge on any atom is 0.137 e. The number of nitrogens with one attached hydrogen (secondary N) is 1. The number of hydrogen-bond acceptors (Lipinski definition) is 4. The maximum atomic E-state index is 8.68. The van der Waals surface area contributed by atoms with E-state index < -0.39 is 0 Å². The molecule has 0 atom stereocenters. The fourth-order valence-electron chi connectivity index (χ4n) is 1.59. The highest BCUT2D eigenvalue weighted by Gasteiger charge is 2.00. The number of anilines is 1. The van der Waals surface area contributed by atoms with Crippen molar-refractivity contribution in [2.75, 3.05) is 18.5 Å². The van der Waals surface area contributed by atoms with Crippen LogP contribution in [-0.4, -0.2) is 28.2 Å². The van der Waals surface area contributed by atoms with E-state index in [1.54, 1.807) is 6.33 Å². The predicted octanol–water partition coefficient (Wildman–Crippen LogP) is 1.81. The Bertz CT molecular complexity index is 453. The van der Waals surface area contributed by atoms with E-state index in [0.717, 1.165) is 36.1 Å². The lowest BCUT2D eigenvalue weighted by Crippen LogP contribution is -2.04. The Morgan fingerprint density at radius 3 is 2.88 bits per heavy atom. The summed E-state index contributed by atoms with van der Waals surface area (Å²) >= 11 is 0. The van der Waals surface area contributed by atoms with Crippen LogP contribution in [0.3, 0.4) is 0 Å². The van der Waals surface area contributed by atoms with Crippen LogP contribution in [0.4, 0.5) is 5.82 Å². The second kappa shape index (κ2) is 5.42. The first kappa shape index (κ1) is 10.8. The molecule has 0 unspecified atom stereocenters. The minimum atomic E-state index is 0.242. The summed E-state index contributed by atoms with van der Waals surface area (Å²) in [6.07, 6.45) is 3.32. The first-order valence-electron chi connectivity index (χ1n) is 5.46. The highest BCUT2D eigenvalue weighted by Crippen LogP contribution is 2.17. The lowest BCUT2D eigenvalue weighted by atomic mass is 10.2. The van der Waals surface area contributed by atoms with Crippen LogP contribution < -0.4 is 5.32 Å². The minimum Gasteiger partial charge on any atom is -0.396 e. The summed E-state index contributed by atoms with van der Waals surface area (Å²) in [7, 11) is 0. The van der Waals surface area contributed by atoms with E-state index in [4.69, 9.17) is 5.11 Å². The van der Waals surface area contributed by atoms with Gasteiger partial charge in [0, 0.05) is 18.5 Å². The SMILES string of the molecule is OCCCCNc1ncnc2ccccc12. The molecule has 0 spiro atoms. The number of benzene rings is 1. The minimum absolute atomic E-state index is 0.242. The summed E-state index contributed by atoms with van der Waals surface area (Å²) < 4.78 is 0. The molecule has 4 heteroatoms. The van der Waals surface area contributed by atoms with Crippen LogP contribution in [0, 0.1) is 0 Å². The molecule has 0 fully saturated rings. The first-order chi connectivity index (χ1) is 7.92. The van der Waals surface area contributed by atoms with E-state index in [2.05, 4.69) is 15.3 Å². The van der Waals surface area contributed by atoms with Crippen molar-refractivity contribution in [3.8, 4) is 0 Å². The molecule has 1 heterocycles. The van der Waals surface area contributed by atoms with Crippen LogP contribution >= 0.6 is 0 Å². The van der Waals surface area contributed by atoms with E-state index in [9.17, 15) is 0 Å². The highest BCUT2D eigenvalue weighted by atomic mass is 16.2. The molecule has 4 nitrogen and oxygen atoms in total. The van der Waals surface area contributed by atoms with Crippen molar-refractivity contribution < 1.29 is 5.11 Å². The number of hydrogen-bond donors (Lipinski definition) is 2. The van der Waals surface area contributed by atoms with Crippen LogP contribution in [0.25, 0.3) is 10.9 Å². The number of para-hydroxylation sites is 1. The molecule has 1 aromatic heterocycles. The molecule has 2 rings (SSSR count). The van der Waals surface area contributed by atoms with Gasteiger partial charge in [-0.3, -0.25) is 0 Å². The van der Waals surface area contributed by atoms with Crippen molar-refractivity contribution in [3.63, 3.8) is 0 Å². The van der Waals surface area contributed by atoms with Crippen LogP contribution in [0.1, 0.15) is 12.8 Å². The molecule has 0 radical (unpaired) electrons. The van der Waals surface area contributed by atoms with Crippen LogP contribution in [0.2, 0.25) is 0 Å². The maximum absolute atomic E-state index is 8.68. The average Bonchev–Trinajstić information content (AvgIpc) is 2.35. The third-order valence-corrected chi connectivity index (χ3v) is 2.42. The van der Waals surface area contributed by atoms with Crippen molar-refractivity contribution in [3.05, 3.63) is 30.6 Å². The Labute approximate surface area is 94.4 Å². The third-order valence-electron chi connectivity index (χ3n) is 2.42. The zero-order valence-electron chi connectivity index (χ0n) is 9.06. The number of fused-ring (bicyclic) bond motifs is 1. The predicted molar refractivity (Wildman–Crippen MR) is 64.3 cm³/mol. The van der Waals surface area contributed by atoms with E-state index in [1.807, 2.05) is 24.3 Å². The molecule has 0 aliphatic carbocycles. The largest absolute Gasteiger partial charge is 0.396 e. The van der Waals surface area contributed by atoms with Crippen molar-refractivity contribution in [2.45, 2.75) is 12.8 Å². The van der Waals surface area contributed by atoms with Gasteiger partial charge in [0.05, 0.1) is 5.52 Å². The lowest BCUT2D eigenvalue weighted by molar-refractivity contribution is 0.286.